The average Bonchev–Trinajstić information content (AvgIpc) is 2.34. The SMILES string of the molecule is N#CCCC1CCCC1.O.O. The van der Waals surface area contributed by atoms with E-state index in [2.05, 4.69) is 6.07 Å². The predicted molar refractivity (Wildman–Crippen MR) is 44.0 cm³/mol. The first-order valence-corrected chi connectivity index (χ1v) is 3.80. The highest BCUT2D eigenvalue weighted by atomic mass is 16.0. The van der Waals surface area contributed by atoms with E-state index in [1.165, 1.54) is 25.7 Å². The van der Waals surface area contributed by atoms with Crippen LogP contribution in [0.4, 0.5) is 0 Å². The third-order valence-corrected chi connectivity index (χ3v) is 2.14. The molecule has 0 amide bonds. The van der Waals surface area contributed by atoms with E-state index in [1.807, 2.05) is 0 Å². The summed E-state index contributed by atoms with van der Waals surface area (Å²) >= 11 is 0. The molecule has 0 radical (unpaired) electrons. The van der Waals surface area contributed by atoms with Crippen LogP contribution in [-0.4, -0.2) is 11.0 Å². The number of hydrogen-bond donors (Lipinski definition) is 0. The van der Waals surface area contributed by atoms with Crippen LogP contribution in [0.2, 0.25) is 0 Å². The van der Waals surface area contributed by atoms with E-state index in [0.29, 0.717) is 0 Å². The quantitative estimate of drug-likeness (QED) is 0.587. The lowest BCUT2D eigenvalue weighted by atomic mass is 10.0. The van der Waals surface area contributed by atoms with E-state index in [0.717, 1.165) is 18.8 Å². The molecule has 3 nitrogen and oxygen atoms in total. The third-order valence-electron chi connectivity index (χ3n) is 2.14. The van der Waals surface area contributed by atoms with Crippen LogP contribution < -0.4 is 0 Å². The van der Waals surface area contributed by atoms with E-state index in [4.69, 9.17) is 5.26 Å². The Morgan fingerprint density at radius 2 is 1.73 bits per heavy atom. The summed E-state index contributed by atoms with van der Waals surface area (Å²) < 4.78 is 0. The normalized spacial score (nSPS) is 16.3. The molecule has 66 valence electrons. The Morgan fingerprint density at radius 3 is 2.18 bits per heavy atom. The predicted octanol–water partition coefficient (Wildman–Crippen LogP) is 0.831. The zero-order valence-electron chi connectivity index (χ0n) is 6.77. The van der Waals surface area contributed by atoms with Crippen LogP contribution in [0.25, 0.3) is 0 Å². The second-order valence-electron chi connectivity index (χ2n) is 2.85. The molecule has 11 heavy (non-hydrogen) atoms. The number of hydrogen-bond acceptors (Lipinski definition) is 1. The molecule has 0 spiro atoms. The molecule has 0 aromatic carbocycles. The van der Waals surface area contributed by atoms with Crippen molar-refractivity contribution in [2.24, 2.45) is 5.92 Å². The van der Waals surface area contributed by atoms with Crippen LogP contribution >= 0.6 is 0 Å². The van der Waals surface area contributed by atoms with Crippen LogP contribution in [0.5, 0.6) is 0 Å². The fraction of sp³-hybridized carbons (Fsp3) is 0.875. The monoisotopic (exact) mass is 159 g/mol. The highest BCUT2D eigenvalue weighted by molar-refractivity contribution is 4.74. The van der Waals surface area contributed by atoms with Crippen LogP contribution in [0.3, 0.4) is 0 Å². The van der Waals surface area contributed by atoms with Gasteiger partial charge in [0.1, 0.15) is 0 Å². The summed E-state index contributed by atoms with van der Waals surface area (Å²) in [5, 5.41) is 8.28. The molecule has 1 aliphatic rings. The van der Waals surface area contributed by atoms with Gasteiger partial charge < -0.3 is 11.0 Å². The number of rotatable bonds is 2. The third kappa shape index (κ3) is 4.77. The van der Waals surface area contributed by atoms with Crippen LogP contribution in [0.15, 0.2) is 0 Å². The Kier molecular flexibility index (Phi) is 8.91. The lowest BCUT2D eigenvalue weighted by Gasteiger charge is -2.02. The van der Waals surface area contributed by atoms with E-state index in [-0.39, 0.29) is 11.0 Å². The van der Waals surface area contributed by atoms with Gasteiger partial charge in [-0.15, -0.1) is 0 Å². The second kappa shape index (κ2) is 7.52. The second-order valence-corrected chi connectivity index (χ2v) is 2.85. The summed E-state index contributed by atoms with van der Waals surface area (Å²) in [5.41, 5.74) is 0. The molecule has 0 saturated heterocycles. The van der Waals surface area contributed by atoms with Gasteiger partial charge in [-0.3, -0.25) is 0 Å². The highest BCUT2D eigenvalue weighted by Gasteiger charge is 2.13. The minimum Gasteiger partial charge on any atom is -0.412 e. The first-order chi connectivity index (χ1) is 4.43. The molecule has 3 heteroatoms. The van der Waals surface area contributed by atoms with E-state index < -0.39 is 0 Å². The fourth-order valence-corrected chi connectivity index (χ4v) is 1.57. The van der Waals surface area contributed by atoms with Crippen LogP contribution in [0, 0.1) is 17.2 Å². The lowest BCUT2D eigenvalue weighted by Crippen LogP contribution is -1.90. The zero-order valence-corrected chi connectivity index (χ0v) is 6.77. The molecular weight excluding hydrogens is 142 g/mol. The van der Waals surface area contributed by atoms with Gasteiger partial charge in [-0.2, -0.15) is 5.26 Å². The minimum absolute atomic E-state index is 0. The van der Waals surface area contributed by atoms with E-state index in [9.17, 15) is 0 Å². The first kappa shape index (κ1) is 13.0. The summed E-state index contributed by atoms with van der Waals surface area (Å²) in [7, 11) is 0. The van der Waals surface area contributed by atoms with Gasteiger partial charge in [-0.25, -0.2) is 0 Å². The minimum atomic E-state index is 0. The van der Waals surface area contributed by atoms with Crippen molar-refractivity contribution in [1.82, 2.24) is 0 Å². The van der Waals surface area contributed by atoms with Crippen LogP contribution in [-0.2, 0) is 0 Å². The van der Waals surface area contributed by atoms with Gasteiger partial charge in [-0.05, 0) is 12.3 Å². The van der Waals surface area contributed by atoms with Gasteiger partial charge in [0.05, 0.1) is 6.07 Å². The average molecular weight is 159 g/mol. The molecule has 0 aromatic heterocycles. The van der Waals surface area contributed by atoms with Crippen molar-refractivity contribution in [1.29, 1.82) is 5.26 Å². The molecule has 0 bridgehead atoms. The van der Waals surface area contributed by atoms with Gasteiger partial charge in [0.15, 0.2) is 0 Å². The van der Waals surface area contributed by atoms with Gasteiger partial charge in [-0.1, -0.05) is 25.7 Å². The van der Waals surface area contributed by atoms with E-state index in [1.54, 1.807) is 0 Å². The topological polar surface area (TPSA) is 86.8 Å². The molecule has 0 atom stereocenters. The number of nitrogens with zero attached hydrogens (tertiary/aromatic N) is 1. The van der Waals surface area contributed by atoms with Crippen molar-refractivity contribution in [3.8, 4) is 6.07 Å². The van der Waals surface area contributed by atoms with Crippen molar-refractivity contribution >= 4 is 0 Å². The zero-order chi connectivity index (χ0) is 6.53. The maximum atomic E-state index is 8.28. The molecule has 0 heterocycles. The molecule has 1 fully saturated rings. The Hall–Kier alpha value is -0.590. The Labute approximate surface area is 67.6 Å². The smallest absolute Gasteiger partial charge is 0.0621 e. The summed E-state index contributed by atoms with van der Waals surface area (Å²) in [6, 6.07) is 2.19. The molecule has 0 aliphatic heterocycles. The fourth-order valence-electron chi connectivity index (χ4n) is 1.57. The van der Waals surface area contributed by atoms with Crippen molar-refractivity contribution in [3.63, 3.8) is 0 Å². The Bertz CT molecular complexity index is 114. The first-order valence-electron chi connectivity index (χ1n) is 3.80. The summed E-state index contributed by atoms with van der Waals surface area (Å²) in [5.74, 6) is 0.893. The Morgan fingerprint density at radius 1 is 1.18 bits per heavy atom. The Balaban J connectivity index is 0. The molecule has 1 aliphatic carbocycles. The van der Waals surface area contributed by atoms with Crippen molar-refractivity contribution in [2.75, 3.05) is 0 Å². The lowest BCUT2D eigenvalue weighted by molar-refractivity contribution is 0.511. The molecular formula is C8H17NO2. The van der Waals surface area contributed by atoms with Gasteiger partial charge in [0, 0.05) is 6.42 Å². The van der Waals surface area contributed by atoms with Crippen molar-refractivity contribution in [3.05, 3.63) is 0 Å². The van der Waals surface area contributed by atoms with Crippen molar-refractivity contribution in [2.45, 2.75) is 38.5 Å². The molecule has 1 saturated carbocycles. The molecule has 0 aromatic rings. The molecule has 4 N–H and O–H groups in total. The van der Waals surface area contributed by atoms with E-state index >= 15 is 0 Å². The summed E-state index contributed by atoms with van der Waals surface area (Å²) in [4.78, 5) is 0. The highest BCUT2D eigenvalue weighted by Crippen LogP contribution is 2.27. The molecule has 1 rings (SSSR count). The molecule has 0 unspecified atom stereocenters. The standard InChI is InChI=1S/C8H13N.2H2O/c9-7-3-6-8-4-1-2-5-8;;/h8H,1-6H2;2*1H2. The summed E-state index contributed by atoms with van der Waals surface area (Å²) in [6.45, 7) is 0. The number of nitriles is 1. The maximum Gasteiger partial charge on any atom is 0.0621 e. The van der Waals surface area contributed by atoms with Crippen molar-refractivity contribution < 1.29 is 11.0 Å². The largest absolute Gasteiger partial charge is 0.412 e. The maximum absolute atomic E-state index is 8.28. The van der Waals surface area contributed by atoms with Crippen LogP contribution in [0.1, 0.15) is 38.5 Å². The summed E-state index contributed by atoms with van der Waals surface area (Å²) in [6.07, 6.45) is 7.47. The van der Waals surface area contributed by atoms with Gasteiger partial charge in [0.25, 0.3) is 0 Å². The van der Waals surface area contributed by atoms with Gasteiger partial charge in [0.2, 0.25) is 0 Å². The van der Waals surface area contributed by atoms with Gasteiger partial charge >= 0.3 is 0 Å².